The lowest BCUT2D eigenvalue weighted by molar-refractivity contribution is 0.590. The van der Waals surface area contributed by atoms with Crippen molar-refractivity contribution in [2.75, 3.05) is 0 Å². The Kier molecular flexibility index (Phi) is 2.92. The van der Waals surface area contributed by atoms with E-state index in [0.717, 1.165) is 10.3 Å². The fourth-order valence-electron chi connectivity index (χ4n) is 2.19. The molecular formula is C12H15I. The lowest BCUT2D eigenvalue weighted by atomic mass is 9.83. The maximum atomic E-state index is 2.43. The summed E-state index contributed by atoms with van der Waals surface area (Å²) in [6.07, 6.45) is 4.04. The van der Waals surface area contributed by atoms with Gasteiger partial charge in [0, 0.05) is 4.43 Å². The molecule has 0 saturated heterocycles. The molecule has 0 saturated carbocycles. The van der Waals surface area contributed by atoms with Gasteiger partial charge in [-0.05, 0) is 41.9 Å². The first-order valence-electron chi connectivity index (χ1n) is 4.99. The van der Waals surface area contributed by atoms with E-state index in [1.807, 2.05) is 0 Å². The monoisotopic (exact) mass is 286 g/mol. The Morgan fingerprint density at radius 1 is 1.46 bits per heavy atom. The summed E-state index contributed by atoms with van der Waals surface area (Å²) in [5.74, 6) is 0.784. The third kappa shape index (κ3) is 1.90. The zero-order chi connectivity index (χ0) is 9.26. The molecule has 0 nitrogen and oxygen atoms in total. The highest BCUT2D eigenvalue weighted by atomic mass is 127. The van der Waals surface area contributed by atoms with Crippen molar-refractivity contribution in [3.05, 3.63) is 34.9 Å². The summed E-state index contributed by atoms with van der Waals surface area (Å²) in [5, 5.41) is 0. The van der Waals surface area contributed by atoms with Gasteiger partial charge >= 0.3 is 0 Å². The van der Waals surface area contributed by atoms with E-state index < -0.39 is 0 Å². The Balaban J connectivity index is 2.39. The van der Waals surface area contributed by atoms with E-state index in [9.17, 15) is 0 Å². The van der Waals surface area contributed by atoms with Crippen LogP contribution in [0.5, 0.6) is 0 Å². The van der Waals surface area contributed by atoms with Gasteiger partial charge in [-0.25, -0.2) is 0 Å². The Hall–Kier alpha value is -0.0500. The van der Waals surface area contributed by atoms with E-state index >= 15 is 0 Å². The van der Waals surface area contributed by atoms with Crippen molar-refractivity contribution >= 4 is 22.6 Å². The largest absolute Gasteiger partial charge is 0.0812 e. The van der Waals surface area contributed by atoms with Gasteiger partial charge in [0.1, 0.15) is 0 Å². The van der Waals surface area contributed by atoms with Crippen LogP contribution in [0.2, 0.25) is 0 Å². The van der Waals surface area contributed by atoms with Gasteiger partial charge in [-0.15, -0.1) is 0 Å². The Bertz CT molecular complexity index is 304. The molecule has 0 bridgehead atoms. The molecule has 0 aliphatic heterocycles. The SMILES string of the molecule is CC1CCCc2cc(CI)ccc21. The predicted octanol–water partition coefficient (Wildman–Crippen LogP) is 4.06. The van der Waals surface area contributed by atoms with Gasteiger partial charge in [0.25, 0.3) is 0 Å². The topological polar surface area (TPSA) is 0 Å². The molecule has 0 aromatic heterocycles. The Labute approximate surface area is 93.9 Å². The van der Waals surface area contributed by atoms with Crippen LogP contribution in [0.1, 0.15) is 42.4 Å². The summed E-state index contributed by atoms with van der Waals surface area (Å²) in [7, 11) is 0. The van der Waals surface area contributed by atoms with Crippen LogP contribution in [0.4, 0.5) is 0 Å². The normalized spacial score (nSPS) is 21.2. The summed E-state index contributed by atoms with van der Waals surface area (Å²) >= 11 is 2.43. The predicted molar refractivity (Wildman–Crippen MR) is 65.5 cm³/mol. The molecule has 1 aromatic rings. The molecule has 1 aliphatic carbocycles. The number of halogens is 1. The molecule has 0 spiro atoms. The molecular weight excluding hydrogens is 271 g/mol. The fourth-order valence-corrected chi connectivity index (χ4v) is 2.67. The molecule has 2 rings (SSSR count). The van der Waals surface area contributed by atoms with Crippen molar-refractivity contribution < 1.29 is 0 Å². The van der Waals surface area contributed by atoms with Gasteiger partial charge in [-0.2, -0.15) is 0 Å². The van der Waals surface area contributed by atoms with E-state index in [4.69, 9.17) is 0 Å². The molecule has 1 atom stereocenters. The second-order valence-corrected chi connectivity index (χ2v) is 4.72. The number of hydrogen-bond donors (Lipinski definition) is 0. The molecule has 0 fully saturated rings. The summed E-state index contributed by atoms with van der Waals surface area (Å²) in [5.41, 5.74) is 4.68. The number of hydrogen-bond acceptors (Lipinski definition) is 0. The Morgan fingerprint density at radius 3 is 3.08 bits per heavy atom. The van der Waals surface area contributed by atoms with Crippen molar-refractivity contribution in [3.63, 3.8) is 0 Å². The lowest BCUT2D eigenvalue weighted by Gasteiger charge is -2.22. The minimum atomic E-state index is 0.784. The van der Waals surface area contributed by atoms with E-state index in [0.29, 0.717) is 0 Å². The zero-order valence-electron chi connectivity index (χ0n) is 8.02. The van der Waals surface area contributed by atoms with Gasteiger partial charge in [0.2, 0.25) is 0 Å². The van der Waals surface area contributed by atoms with E-state index in [1.165, 1.54) is 24.8 Å². The van der Waals surface area contributed by atoms with E-state index in [-0.39, 0.29) is 0 Å². The smallest absolute Gasteiger partial charge is 0.0247 e. The average molecular weight is 286 g/mol. The Morgan fingerprint density at radius 2 is 2.31 bits per heavy atom. The summed E-state index contributed by atoms with van der Waals surface area (Å²) in [4.78, 5) is 0. The van der Waals surface area contributed by atoms with Crippen molar-refractivity contribution in [2.45, 2.75) is 36.5 Å². The van der Waals surface area contributed by atoms with Crippen molar-refractivity contribution in [3.8, 4) is 0 Å². The molecule has 0 radical (unpaired) electrons. The molecule has 1 heteroatoms. The first kappa shape index (κ1) is 9.50. The molecule has 1 unspecified atom stereocenters. The number of rotatable bonds is 1. The molecule has 70 valence electrons. The number of aryl methyl sites for hydroxylation is 1. The zero-order valence-corrected chi connectivity index (χ0v) is 10.2. The van der Waals surface area contributed by atoms with Crippen molar-refractivity contribution in [1.82, 2.24) is 0 Å². The summed E-state index contributed by atoms with van der Waals surface area (Å²) in [6.45, 7) is 2.35. The van der Waals surface area contributed by atoms with Crippen LogP contribution in [0.25, 0.3) is 0 Å². The van der Waals surface area contributed by atoms with Crippen LogP contribution < -0.4 is 0 Å². The highest BCUT2D eigenvalue weighted by Gasteiger charge is 2.15. The second-order valence-electron chi connectivity index (χ2n) is 3.96. The van der Waals surface area contributed by atoms with Crippen LogP contribution in [0.15, 0.2) is 18.2 Å². The standard InChI is InChI=1S/C12H15I/c1-9-3-2-4-11-7-10(8-13)5-6-12(9)11/h5-7,9H,2-4,8H2,1H3. The maximum Gasteiger partial charge on any atom is 0.0247 e. The lowest BCUT2D eigenvalue weighted by Crippen LogP contribution is -2.07. The van der Waals surface area contributed by atoms with Crippen molar-refractivity contribution in [2.24, 2.45) is 0 Å². The molecule has 1 aromatic carbocycles. The highest BCUT2D eigenvalue weighted by Crippen LogP contribution is 2.31. The first-order valence-corrected chi connectivity index (χ1v) is 6.51. The van der Waals surface area contributed by atoms with Crippen LogP contribution in [-0.4, -0.2) is 0 Å². The number of alkyl halides is 1. The van der Waals surface area contributed by atoms with Gasteiger partial charge < -0.3 is 0 Å². The minimum Gasteiger partial charge on any atom is -0.0812 e. The van der Waals surface area contributed by atoms with Gasteiger partial charge in [-0.1, -0.05) is 47.7 Å². The highest BCUT2D eigenvalue weighted by molar-refractivity contribution is 14.1. The van der Waals surface area contributed by atoms with E-state index in [1.54, 1.807) is 11.1 Å². The van der Waals surface area contributed by atoms with Gasteiger partial charge in [0.15, 0.2) is 0 Å². The van der Waals surface area contributed by atoms with Gasteiger partial charge in [-0.3, -0.25) is 0 Å². The molecule has 0 amide bonds. The quantitative estimate of drug-likeness (QED) is 0.539. The summed E-state index contributed by atoms with van der Waals surface area (Å²) in [6, 6.07) is 7.03. The third-order valence-corrected chi connectivity index (χ3v) is 3.86. The minimum absolute atomic E-state index is 0.784. The van der Waals surface area contributed by atoms with Gasteiger partial charge in [0.05, 0.1) is 0 Å². The molecule has 0 heterocycles. The van der Waals surface area contributed by atoms with E-state index in [2.05, 4.69) is 47.7 Å². The van der Waals surface area contributed by atoms with Crippen LogP contribution in [-0.2, 0) is 10.8 Å². The van der Waals surface area contributed by atoms with Crippen LogP contribution in [0, 0.1) is 0 Å². The number of fused-ring (bicyclic) bond motifs is 1. The first-order chi connectivity index (χ1) is 6.31. The van der Waals surface area contributed by atoms with Crippen molar-refractivity contribution in [1.29, 1.82) is 0 Å². The average Bonchev–Trinajstić information content (AvgIpc) is 2.18. The summed E-state index contributed by atoms with van der Waals surface area (Å²) < 4.78 is 1.14. The fraction of sp³-hybridized carbons (Fsp3) is 0.500. The number of benzene rings is 1. The maximum absolute atomic E-state index is 2.43. The molecule has 13 heavy (non-hydrogen) atoms. The third-order valence-electron chi connectivity index (χ3n) is 2.98. The van der Waals surface area contributed by atoms with Crippen LogP contribution in [0.3, 0.4) is 0 Å². The molecule has 1 aliphatic rings. The van der Waals surface area contributed by atoms with Crippen LogP contribution >= 0.6 is 22.6 Å². The molecule has 0 N–H and O–H groups in total. The second kappa shape index (κ2) is 3.99.